The Kier molecular flexibility index (Phi) is 6.67. The molecule has 1 unspecified atom stereocenters. The van der Waals surface area contributed by atoms with Crippen LogP contribution < -0.4 is 0 Å². The van der Waals surface area contributed by atoms with Crippen LogP contribution in [-0.2, 0) is 4.79 Å². The Bertz CT molecular complexity index is 714. The fourth-order valence-electron chi connectivity index (χ4n) is 3.43. The Hall–Kier alpha value is -1.88. The average molecular weight is 376 g/mol. The molecule has 5 nitrogen and oxygen atoms in total. The molecule has 2 heterocycles. The van der Waals surface area contributed by atoms with Crippen molar-refractivity contribution in [3.8, 4) is 11.4 Å². The lowest BCUT2D eigenvalue weighted by atomic mass is 10.1. The van der Waals surface area contributed by atoms with E-state index in [0.29, 0.717) is 23.2 Å². The van der Waals surface area contributed by atoms with Gasteiger partial charge in [0.2, 0.25) is 17.6 Å². The lowest BCUT2D eigenvalue weighted by molar-refractivity contribution is -0.132. The molecule has 0 radical (unpaired) electrons. The van der Waals surface area contributed by atoms with Crippen LogP contribution in [0.25, 0.3) is 11.4 Å². The maximum absolute atomic E-state index is 12.6. The van der Waals surface area contributed by atoms with E-state index in [1.54, 1.807) is 12.1 Å². The number of rotatable bonds is 8. The first-order valence-corrected chi connectivity index (χ1v) is 9.96. The van der Waals surface area contributed by atoms with Crippen LogP contribution in [0.5, 0.6) is 0 Å². The number of unbranched alkanes of at least 4 members (excludes halogenated alkanes) is 4. The van der Waals surface area contributed by atoms with E-state index in [-0.39, 0.29) is 11.9 Å². The van der Waals surface area contributed by atoms with Gasteiger partial charge in [0.1, 0.15) is 6.04 Å². The second kappa shape index (κ2) is 9.17. The van der Waals surface area contributed by atoms with Gasteiger partial charge in [0.05, 0.1) is 0 Å². The molecule has 0 N–H and O–H groups in total. The van der Waals surface area contributed by atoms with E-state index in [4.69, 9.17) is 16.1 Å². The van der Waals surface area contributed by atoms with Crippen LogP contribution in [0.3, 0.4) is 0 Å². The molecule has 0 aliphatic carbocycles. The highest BCUT2D eigenvalue weighted by molar-refractivity contribution is 6.30. The van der Waals surface area contributed by atoms with Crippen LogP contribution in [0.4, 0.5) is 0 Å². The molecule has 3 rings (SSSR count). The molecule has 1 fully saturated rings. The standard InChI is InChI=1S/C20H26ClN3O2/c1-2-3-4-5-6-9-18(25)24-14-7-8-17(24)20-22-19(23-26-20)15-10-12-16(21)13-11-15/h10-13,17H,2-9,14H2,1H3. The first kappa shape index (κ1) is 18.9. The van der Waals surface area contributed by atoms with Gasteiger partial charge in [0.15, 0.2) is 0 Å². The topological polar surface area (TPSA) is 59.2 Å². The second-order valence-electron chi connectivity index (χ2n) is 6.87. The Balaban J connectivity index is 1.61. The summed E-state index contributed by atoms with van der Waals surface area (Å²) < 4.78 is 5.48. The van der Waals surface area contributed by atoms with Crippen molar-refractivity contribution in [3.05, 3.63) is 35.2 Å². The lowest BCUT2D eigenvalue weighted by Gasteiger charge is -2.21. The maximum Gasteiger partial charge on any atom is 0.249 e. The molecular formula is C20H26ClN3O2. The second-order valence-corrected chi connectivity index (χ2v) is 7.31. The number of aromatic nitrogens is 2. The average Bonchev–Trinajstić information content (AvgIpc) is 3.31. The molecule has 26 heavy (non-hydrogen) atoms. The molecule has 1 aliphatic rings. The predicted molar refractivity (Wildman–Crippen MR) is 102 cm³/mol. The summed E-state index contributed by atoms with van der Waals surface area (Å²) in [5, 5.41) is 4.75. The summed E-state index contributed by atoms with van der Waals surface area (Å²) >= 11 is 5.92. The third kappa shape index (κ3) is 4.64. The summed E-state index contributed by atoms with van der Waals surface area (Å²) in [5.74, 6) is 1.28. The normalized spacial score (nSPS) is 17.0. The van der Waals surface area contributed by atoms with E-state index in [1.165, 1.54) is 19.3 Å². The number of likely N-dealkylation sites (tertiary alicyclic amines) is 1. The zero-order valence-electron chi connectivity index (χ0n) is 15.3. The van der Waals surface area contributed by atoms with Gasteiger partial charge >= 0.3 is 0 Å². The van der Waals surface area contributed by atoms with Crippen molar-refractivity contribution < 1.29 is 9.32 Å². The fraction of sp³-hybridized carbons (Fsp3) is 0.550. The largest absolute Gasteiger partial charge is 0.337 e. The summed E-state index contributed by atoms with van der Waals surface area (Å²) in [6.45, 7) is 2.97. The minimum Gasteiger partial charge on any atom is -0.337 e. The van der Waals surface area contributed by atoms with E-state index in [9.17, 15) is 4.79 Å². The number of carbonyl (C=O) groups is 1. The molecule has 0 bridgehead atoms. The van der Waals surface area contributed by atoms with Crippen LogP contribution in [0.1, 0.15) is 70.2 Å². The Morgan fingerprint density at radius 1 is 1.23 bits per heavy atom. The van der Waals surface area contributed by atoms with Crippen LogP contribution >= 0.6 is 11.6 Å². The summed E-state index contributed by atoms with van der Waals surface area (Å²) in [6, 6.07) is 7.25. The van der Waals surface area contributed by atoms with Crippen molar-refractivity contribution in [2.75, 3.05) is 6.54 Å². The highest BCUT2D eigenvalue weighted by atomic mass is 35.5. The monoisotopic (exact) mass is 375 g/mol. The minimum absolute atomic E-state index is 0.0910. The zero-order valence-corrected chi connectivity index (χ0v) is 16.0. The lowest BCUT2D eigenvalue weighted by Crippen LogP contribution is -2.30. The van der Waals surface area contributed by atoms with Crippen molar-refractivity contribution in [1.29, 1.82) is 0 Å². The van der Waals surface area contributed by atoms with Gasteiger partial charge in [-0.1, -0.05) is 49.4 Å². The molecule has 1 aliphatic heterocycles. The first-order chi connectivity index (χ1) is 12.7. The molecule has 1 amide bonds. The van der Waals surface area contributed by atoms with Crippen molar-refractivity contribution in [3.63, 3.8) is 0 Å². The van der Waals surface area contributed by atoms with Gasteiger partial charge in [0.25, 0.3) is 0 Å². The highest BCUT2D eigenvalue weighted by Gasteiger charge is 2.33. The number of nitrogens with zero attached hydrogens (tertiary/aromatic N) is 3. The van der Waals surface area contributed by atoms with Crippen molar-refractivity contribution >= 4 is 17.5 Å². The summed E-state index contributed by atoms with van der Waals surface area (Å²) in [7, 11) is 0. The van der Waals surface area contributed by atoms with Gasteiger partial charge in [-0.2, -0.15) is 4.98 Å². The third-order valence-electron chi connectivity index (χ3n) is 4.90. The van der Waals surface area contributed by atoms with Gasteiger partial charge in [-0.15, -0.1) is 0 Å². The Morgan fingerprint density at radius 3 is 2.77 bits per heavy atom. The van der Waals surface area contributed by atoms with Crippen molar-refractivity contribution in [1.82, 2.24) is 15.0 Å². The highest BCUT2D eigenvalue weighted by Crippen LogP contribution is 2.33. The summed E-state index contributed by atoms with van der Waals surface area (Å²) in [5.41, 5.74) is 0.858. The van der Waals surface area contributed by atoms with Crippen LogP contribution in [0.2, 0.25) is 5.02 Å². The molecule has 1 aromatic heterocycles. The van der Waals surface area contributed by atoms with Crippen LogP contribution in [-0.4, -0.2) is 27.5 Å². The van der Waals surface area contributed by atoms with Gasteiger partial charge in [0, 0.05) is 23.6 Å². The maximum atomic E-state index is 12.6. The molecule has 1 saturated heterocycles. The van der Waals surface area contributed by atoms with Crippen LogP contribution in [0.15, 0.2) is 28.8 Å². The Labute approximate surface area is 159 Å². The molecule has 1 atom stereocenters. The van der Waals surface area contributed by atoms with E-state index in [0.717, 1.165) is 37.8 Å². The third-order valence-corrected chi connectivity index (χ3v) is 5.15. The van der Waals surface area contributed by atoms with Crippen LogP contribution in [0, 0.1) is 0 Å². The molecule has 0 saturated carbocycles. The van der Waals surface area contributed by atoms with Crippen molar-refractivity contribution in [2.45, 2.75) is 64.3 Å². The molecular weight excluding hydrogens is 350 g/mol. The number of benzene rings is 1. The number of amides is 1. The van der Waals surface area contributed by atoms with Gasteiger partial charge in [-0.3, -0.25) is 4.79 Å². The molecule has 6 heteroatoms. The molecule has 1 aromatic carbocycles. The minimum atomic E-state index is -0.0910. The SMILES string of the molecule is CCCCCCCC(=O)N1CCCC1c1nc(-c2ccc(Cl)cc2)no1. The summed E-state index contributed by atoms with van der Waals surface area (Å²) in [6.07, 6.45) is 8.22. The fourth-order valence-corrected chi connectivity index (χ4v) is 3.56. The first-order valence-electron chi connectivity index (χ1n) is 9.58. The molecule has 2 aromatic rings. The number of hydrogen-bond donors (Lipinski definition) is 0. The van der Waals surface area contributed by atoms with E-state index in [1.807, 2.05) is 17.0 Å². The number of hydrogen-bond acceptors (Lipinski definition) is 4. The van der Waals surface area contributed by atoms with E-state index >= 15 is 0 Å². The molecule has 0 spiro atoms. The number of halogens is 1. The van der Waals surface area contributed by atoms with Gasteiger partial charge < -0.3 is 9.42 Å². The van der Waals surface area contributed by atoms with Gasteiger partial charge in [-0.05, 0) is 43.5 Å². The van der Waals surface area contributed by atoms with E-state index < -0.39 is 0 Å². The quantitative estimate of drug-likeness (QED) is 0.578. The zero-order chi connectivity index (χ0) is 18.4. The van der Waals surface area contributed by atoms with Gasteiger partial charge in [-0.25, -0.2) is 0 Å². The summed E-state index contributed by atoms with van der Waals surface area (Å²) in [4.78, 5) is 19.0. The number of carbonyl (C=O) groups excluding carboxylic acids is 1. The van der Waals surface area contributed by atoms with Crippen molar-refractivity contribution in [2.24, 2.45) is 0 Å². The van der Waals surface area contributed by atoms with E-state index in [2.05, 4.69) is 17.1 Å². The predicted octanol–water partition coefficient (Wildman–Crippen LogP) is 5.41. The smallest absolute Gasteiger partial charge is 0.249 e. The Morgan fingerprint density at radius 2 is 2.00 bits per heavy atom. The molecule has 140 valence electrons.